The van der Waals surface area contributed by atoms with Gasteiger partial charge in [0.2, 0.25) is 11.8 Å². The molecule has 0 saturated carbocycles. The number of rotatable bonds is 1. The zero-order valence-electron chi connectivity index (χ0n) is 12.1. The van der Waals surface area contributed by atoms with Gasteiger partial charge in [-0.05, 0) is 24.5 Å². The van der Waals surface area contributed by atoms with Crippen LogP contribution in [0.3, 0.4) is 0 Å². The molecule has 4 nitrogen and oxygen atoms in total. The molecule has 21 heavy (non-hydrogen) atoms. The highest BCUT2D eigenvalue weighted by Crippen LogP contribution is 2.42. The summed E-state index contributed by atoms with van der Waals surface area (Å²) in [6.07, 6.45) is 2.07. The average Bonchev–Trinajstić information content (AvgIpc) is 2.78. The molecule has 1 aromatic carbocycles. The van der Waals surface area contributed by atoms with Crippen molar-refractivity contribution >= 4 is 11.8 Å². The Morgan fingerprint density at radius 2 is 2.19 bits per heavy atom. The highest BCUT2D eigenvalue weighted by Gasteiger charge is 2.50. The van der Waals surface area contributed by atoms with Gasteiger partial charge in [0.05, 0.1) is 5.54 Å². The second kappa shape index (κ2) is 5.13. The van der Waals surface area contributed by atoms with Gasteiger partial charge < -0.3 is 10.2 Å². The van der Waals surface area contributed by atoms with E-state index in [2.05, 4.69) is 5.32 Å². The summed E-state index contributed by atoms with van der Waals surface area (Å²) in [7, 11) is 0. The van der Waals surface area contributed by atoms with Gasteiger partial charge in [0, 0.05) is 32.4 Å². The SMILES string of the molecule is CC(=O)N1C[C@@H](c2ccccc2F)[C@@]2(CCCC(=O)N2)C1. The Bertz CT molecular complexity index is 589. The van der Waals surface area contributed by atoms with Gasteiger partial charge in [-0.1, -0.05) is 18.2 Å². The van der Waals surface area contributed by atoms with E-state index in [1.807, 2.05) is 0 Å². The first-order valence-corrected chi connectivity index (χ1v) is 7.33. The Hall–Kier alpha value is -1.91. The number of likely N-dealkylation sites (tertiary alicyclic amines) is 1. The largest absolute Gasteiger partial charge is 0.348 e. The maximum atomic E-state index is 14.2. The van der Waals surface area contributed by atoms with Crippen molar-refractivity contribution in [3.8, 4) is 0 Å². The highest BCUT2D eigenvalue weighted by molar-refractivity contribution is 5.79. The third-order valence-corrected chi connectivity index (χ3v) is 4.68. The molecule has 1 aromatic rings. The minimum absolute atomic E-state index is 0.00649. The molecule has 2 atom stereocenters. The van der Waals surface area contributed by atoms with Gasteiger partial charge in [0.15, 0.2) is 0 Å². The van der Waals surface area contributed by atoms with E-state index in [0.717, 1.165) is 12.8 Å². The van der Waals surface area contributed by atoms with E-state index >= 15 is 0 Å². The van der Waals surface area contributed by atoms with Crippen LogP contribution in [0, 0.1) is 5.82 Å². The molecule has 2 saturated heterocycles. The summed E-state index contributed by atoms with van der Waals surface area (Å²) in [6.45, 7) is 2.44. The minimum atomic E-state index is -0.525. The van der Waals surface area contributed by atoms with Gasteiger partial charge in [-0.2, -0.15) is 0 Å². The van der Waals surface area contributed by atoms with Gasteiger partial charge in [0.25, 0.3) is 0 Å². The third kappa shape index (κ3) is 2.41. The maximum absolute atomic E-state index is 14.2. The number of benzene rings is 1. The van der Waals surface area contributed by atoms with Gasteiger partial charge in [-0.25, -0.2) is 4.39 Å². The molecule has 0 radical (unpaired) electrons. The van der Waals surface area contributed by atoms with Crippen LogP contribution < -0.4 is 5.32 Å². The topological polar surface area (TPSA) is 49.4 Å². The number of hydrogen-bond donors (Lipinski definition) is 1. The fourth-order valence-electron chi connectivity index (χ4n) is 3.65. The zero-order chi connectivity index (χ0) is 15.0. The van der Waals surface area contributed by atoms with Crippen molar-refractivity contribution in [3.05, 3.63) is 35.6 Å². The van der Waals surface area contributed by atoms with Crippen molar-refractivity contribution in [3.63, 3.8) is 0 Å². The van der Waals surface area contributed by atoms with Crippen LogP contribution in [-0.4, -0.2) is 35.3 Å². The molecule has 0 unspecified atom stereocenters. The lowest BCUT2D eigenvalue weighted by atomic mass is 9.76. The number of nitrogens with zero attached hydrogens (tertiary/aromatic N) is 1. The maximum Gasteiger partial charge on any atom is 0.220 e. The standard InChI is InChI=1S/C16H19FN2O2/c1-11(20)19-9-13(12-5-2-3-6-14(12)17)16(10-19)8-4-7-15(21)18-16/h2-3,5-6,13H,4,7-10H2,1H3,(H,18,21)/t13-,16+/m0/s1. The molecule has 2 heterocycles. The Balaban J connectivity index is 2.01. The number of carbonyl (C=O) groups excluding carboxylic acids is 2. The van der Waals surface area contributed by atoms with Crippen molar-refractivity contribution in [1.82, 2.24) is 10.2 Å². The van der Waals surface area contributed by atoms with Gasteiger partial charge >= 0.3 is 0 Å². The molecule has 1 N–H and O–H groups in total. The normalized spacial score (nSPS) is 28.8. The lowest BCUT2D eigenvalue weighted by Gasteiger charge is -2.39. The lowest BCUT2D eigenvalue weighted by molar-refractivity contribution is -0.129. The van der Waals surface area contributed by atoms with Crippen LogP contribution in [0.2, 0.25) is 0 Å². The van der Waals surface area contributed by atoms with E-state index in [1.165, 1.54) is 13.0 Å². The quantitative estimate of drug-likeness (QED) is 0.857. The molecule has 0 aromatic heterocycles. The average molecular weight is 290 g/mol. The van der Waals surface area contributed by atoms with Crippen molar-refractivity contribution in [2.24, 2.45) is 0 Å². The fraction of sp³-hybridized carbons (Fsp3) is 0.500. The van der Waals surface area contributed by atoms with E-state index in [0.29, 0.717) is 25.1 Å². The molecule has 2 aliphatic rings. The first-order valence-electron chi connectivity index (χ1n) is 7.33. The molecule has 0 bridgehead atoms. The van der Waals surface area contributed by atoms with Crippen LogP contribution in [0.4, 0.5) is 4.39 Å². The van der Waals surface area contributed by atoms with E-state index in [9.17, 15) is 14.0 Å². The molecule has 2 fully saturated rings. The summed E-state index contributed by atoms with van der Waals surface area (Å²) >= 11 is 0. The molecule has 5 heteroatoms. The minimum Gasteiger partial charge on any atom is -0.348 e. The van der Waals surface area contributed by atoms with Crippen LogP contribution in [0.15, 0.2) is 24.3 Å². The van der Waals surface area contributed by atoms with Crippen molar-refractivity contribution in [2.75, 3.05) is 13.1 Å². The second-order valence-corrected chi connectivity index (χ2v) is 6.03. The number of carbonyl (C=O) groups is 2. The summed E-state index contributed by atoms with van der Waals surface area (Å²) in [4.78, 5) is 25.3. The van der Waals surface area contributed by atoms with E-state index in [1.54, 1.807) is 23.1 Å². The van der Waals surface area contributed by atoms with Crippen LogP contribution in [0.25, 0.3) is 0 Å². The summed E-state index contributed by atoms with van der Waals surface area (Å²) in [5.41, 5.74) is 0.0619. The summed E-state index contributed by atoms with van der Waals surface area (Å²) in [5, 5.41) is 3.05. The third-order valence-electron chi connectivity index (χ3n) is 4.68. The Morgan fingerprint density at radius 1 is 1.43 bits per heavy atom. The van der Waals surface area contributed by atoms with E-state index in [4.69, 9.17) is 0 Å². The summed E-state index contributed by atoms with van der Waals surface area (Å²) in [6, 6.07) is 6.64. The van der Waals surface area contributed by atoms with Crippen LogP contribution in [0.1, 0.15) is 37.7 Å². The molecular formula is C16H19FN2O2. The van der Waals surface area contributed by atoms with Crippen LogP contribution >= 0.6 is 0 Å². The number of halogens is 1. The molecule has 1 spiro atoms. The monoisotopic (exact) mass is 290 g/mol. The summed E-state index contributed by atoms with van der Waals surface area (Å²) in [5.74, 6) is -0.500. The smallest absolute Gasteiger partial charge is 0.220 e. The number of piperidine rings is 1. The lowest BCUT2D eigenvalue weighted by Crippen LogP contribution is -2.56. The first kappa shape index (κ1) is 14.0. The van der Waals surface area contributed by atoms with Crippen molar-refractivity contribution in [1.29, 1.82) is 0 Å². The van der Waals surface area contributed by atoms with Gasteiger partial charge in [-0.15, -0.1) is 0 Å². The second-order valence-electron chi connectivity index (χ2n) is 6.03. The van der Waals surface area contributed by atoms with E-state index in [-0.39, 0.29) is 23.5 Å². The highest BCUT2D eigenvalue weighted by atomic mass is 19.1. The van der Waals surface area contributed by atoms with Crippen molar-refractivity contribution in [2.45, 2.75) is 37.6 Å². The fourth-order valence-corrected chi connectivity index (χ4v) is 3.65. The van der Waals surface area contributed by atoms with Gasteiger partial charge in [-0.3, -0.25) is 9.59 Å². The Morgan fingerprint density at radius 3 is 2.86 bits per heavy atom. The van der Waals surface area contributed by atoms with Gasteiger partial charge in [0.1, 0.15) is 5.82 Å². The van der Waals surface area contributed by atoms with E-state index < -0.39 is 5.54 Å². The van der Waals surface area contributed by atoms with Crippen molar-refractivity contribution < 1.29 is 14.0 Å². The molecule has 3 rings (SSSR count). The van der Waals surface area contributed by atoms with Crippen LogP contribution in [0.5, 0.6) is 0 Å². The number of amides is 2. The molecular weight excluding hydrogens is 271 g/mol. The molecule has 0 aliphatic carbocycles. The predicted octanol–water partition coefficient (Wildman–Crippen LogP) is 1.81. The molecule has 2 aliphatic heterocycles. The first-order chi connectivity index (χ1) is 10.0. The predicted molar refractivity (Wildman–Crippen MR) is 76.1 cm³/mol. The Labute approximate surface area is 123 Å². The number of nitrogens with one attached hydrogen (secondary N) is 1. The molecule has 2 amide bonds. The molecule has 112 valence electrons. The zero-order valence-corrected chi connectivity index (χ0v) is 12.1. The Kier molecular flexibility index (Phi) is 3.43. The summed E-state index contributed by atoms with van der Waals surface area (Å²) < 4.78 is 14.2. The number of hydrogen-bond acceptors (Lipinski definition) is 2. The van der Waals surface area contributed by atoms with Crippen LogP contribution in [-0.2, 0) is 9.59 Å².